The van der Waals surface area contributed by atoms with Gasteiger partial charge >= 0.3 is 6.16 Å². The SMILES string of the molecule is O=C(O)Oc1nccnc1NC(=O)c1ccc(Cl)cc1. The van der Waals surface area contributed by atoms with Crippen molar-refractivity contribution in [1.29, 1.82) is 0 Å². The zero-order chi connectivity index (χ0) is 14.5. The molecule has 0 radical (unpaired) electrons. The Hall–Kier alpha value is -2.67. The summed E-state index contributed by atoms with van der Waals surface area (Å²) in [5.41, 5.74) is 0.335. The molecule has 0 saturated heterocycles. The predicted octanol–water partition coefficient (Wildman–Crippen LogP) is 2.44. The average Bonchev–Trinajstić information content (AvgIpc) is 2.41. The molecule has 2 N–H and O–H groups in total. The number of benzene rings is 1. The summed E-state index contributed by atoms with van der Waals surface area (Å²) in [7, 11) is 0. The van der Waals surface area contributed by atoms with E-state index in [2.05, 4.69) is 20.0 Å². The topological polar surface area (TPSA) is 101 Å². The van der Waals surface area contributed by atoms with E-state index in [0.29, 0.717) is 10.6 Å². The fraction of sp³-hybridized carbons (Fsp3) is 0. The minimum absolute atomic E-state index is 0.0881. The zero-order valence-electron chi connectivity index (χ0n) is 9.91. The van der Waals surface area contributed by atoms with E-state index in [-0.39, 0.29) is 11.7 Å². The minimum Gasteiger partial charge on any atom is -0.449 e. The Morgan fingerprint density at radius 1 is 1.15 bits per heavy atom. The number of hydrogen-bond acceptors (Lipinski definition) is 5. The molecule has 2 rings (SSSR count). The third-order valence-electron chi connectivity index (χ3n) is 2.19. The van der Waals surface area contributed by atoms with Crippen molar-refractivity contribution in [3.05, 3.63) is 47.2 Å². The van der Waals surface area contributed by atoms with Crippen molar-refractivity contribution in [2.75, 3.05) is 5.32 Å². The van der Waals surface area contributed by atoms with Gasteiger partial charge in [0, 0.05) is 23.0 Å². The number of aromatic nitrogens is 2. The largest absolute Gasteiger partial charge is 0.512 e. The quantitative estimate of drug-likeness (QED) is 0.843. The maximum Gasteiger partial charge on any atom is 0.512 e. The Morgan fingerprint density at radius 2 is 1.80 bits per heavy atom. The van der Waals surface area contributed by atoms with Crippen molar-refractivity contribution in [3.8, 4) is 5.88 Å². The van der Waals surface area contributed by atoms with Crippen molar-refractivity contribution < 1.29 is 19.4 Å². The van der Waals surface area contributed by atoms with Gasteiger partial charge in [-0.15, -0.1) is 0 Å². The molecule has 0 fully saturated rings. The number of carbonyl (C=O) groups is 2. The number of nitrogens with one attached hydrogen (secondary N) is 1. The van der Waals surface area contributed by atoms with E-state index in [1.54, 1.807) is 12.1 Å². The highest BCUT2D eigenvalue weighted by atomic mass is 35.5. The monoisotopic (exact) mass is 293 g/mol. The van der Waals surface area contributed by atoms with Crippen molar-refractivity contribution in [1.82, 2.24) is 9.97 Å². The molecule has 20 heavy (non-hydrogen) atoms. The van der Waals surface area contributed by atoms with Crippen LogP contribution in [0.5, 0.6) is 5.88 Å². The van der Waals surface area contributed by atoms with Crippen LogP contribution in [0.2, 0.25) is 5.02 Å². The van der Waals surface area contributed by atoms with Crippen molar-refractivity contribution in [3.63, 3.8) is 0 Å². The molecule has 1 aromatic heterocycles. The van der Waals surface area contributed by atoms with Gasteiger partial charge in [-0.1, -0.05) is 11.6 Å². The third-order valence-corrected chi connectivity index (χ3v) is 2.44. The van der Waals surface area contributed by atoms with E-state index in [1.807, 2.05) is 0 Å². The van der Waals surface area contributed by atoms with E-state index in [9.17, 15) is 9.59 Å². The standard InChI is InChI=1S/C12H8ClN3O4/c13-8-3-1-7(2-4-8)10(17)16-9-11(20-12(18)19)15-6-5-14-9/h1-6H,(H,18,19)(H,14,16,17). The molecule has 0 aliphatic carbocycles. The number of carboxylic acid groups (broad SMARTS) is 1. The lowest BCUT2D eigenvalue weighted by atomic mass is 10.2. The van der Waals surface area contributed by atoms with Gasteiger partial charge in [0.25, 0.3) is 11.8 Å². The Balaban J connectivity index is 2.19. The highest BCUT2D eigenvalue weighted by Crippen LogP contribution is 2.19. The molecular formula is C12H8ClN3O4. The van der Waals surface area contributed by atoms with Crippen LogP contribution in [0.3, 0.4) is 0 Å². The third kappa shape index (κ3) is 3.42. The number of rotatable bonds is 3. The van der Waals surface area contributed by atoms with Crippen LogP contribution in [-0.4, -0.2) is 27.1 Å². The molecule has 0 unspecified atom stereocenters. The summed E-state index contributed by atoms with van der Waals surface area (Å²) in [6, 6.07) is 6.15. The van der Waals surface area contributed by atoms with E-state index < -0.39 is 12.1 Å². The van der Waals surface area contributed by atoms with Crippen LogP contribution in [-0.2, 0) is 0 Å². The summed E-state index contributed by atoms with van der Waals surface area (Å²) in [5, 5.41) is 11.5. The summed E-state index contributed by atoms with van der Waals surface area (Å²) >= 11 is 5.72. The Kier molecular flexibility index (Phi) is 4.11. The first-order valence-corrected chi connectivity index (χ1v) is 5.73. The minimum atomic E-state index is -1.55. The van der Waals surface area contributed by atoms with Crippen molar-refractivity contribution in [2.24, 2.45) is 0 Å². The van der Waals surface area contributed by atoms with E-state index in [0.717, 1.165) is 0 Å². The molecule has 0 atom stereocenters. The predicted molar refractivity (Wildman–Crippen MR) is 70.1 cm³/mol. The fourth-order valence-corrected chi connectivity index (χ4v) is 1.48. The molecule has 1 heterocycles. The smallest absolute Gasteiger partial charge is 0.449 e. The lowest BCUT2D eigenvalue weighted by molar-refractivity contribution is 0.102. The molecule has 2 aromatic rings. The van der Waals surface area contributed by atoms with Gasteiger partial charge in [0.05, 0.1) is 0 Å². The van der Waals surface area contributed by atoms with Gasteiger partial charge in [0.1, 0.15) is 0 Å². The highest BCUT2D eigenvalue weighted by Gasteiger charge is 2.14. The molecule has 0 bridgehead atoms. The number of ether oxygens (including phenoxy) is 1. The summed E-state index contributed by atoms with van der Waals surface area (Å²) in [6.07, 6.45) is 0.995. The van der Waals surface area contributed by atoms with Crippen LogP contribution < -0.4 is 10.1 Å². The fourth-order valence-electron chi connectivity index (χ4n) is 1.35. The van der Waals surface area contributed by atoms with Crippen molar-refractivity contribution >= 4 is 29.5 Å². The van der Waals surface area contributed by atoms with Crippen LogP contribution in [0, 0.1) is 0 Å². The first-order chi connectivity index (χ1) is 9.56. The second-order valence-corrected chi connectivity index (χ2v) is 3.98. The Bertz CT molecular complexity index is 645. The van der Waals surface area contributed by atoms with Crippen LogP contribution in [0.25, 0.3) is 0 Å². The second-order valence-electron chi connectivity index (χ2n) is 3.54. The maximum absolute atomic E-state index is 11.9. The molecule has 7 nitrogen and oxygen atoms in total. The van der Waals surface area contributed by atoms with E-state index >= 15 is 0 Å². The lowest BCUT2D eigenvalue weighted by Crippen LogP contribution is -2.15. The van der Waals surface area contributed by atoms with E-state index in [1.165, 1.54) is 24.5 Å². The number of amides is 1. The van der Waals surface area contributed by atoms with Crippen molar-refractivity contribution in [2.45, 2.75) is 0 Å². The van der Waals surface area contributed by atoms with Gasteiger partial charge in [-0.3, -0.25) is 4.79 Å². The molecule has 1 amide bonds. The number of halogens is 1. The summed E-state index contributed by atoms with van der Waals surface area (Å²) < 4.78 is 4.41. The van der Waals surface area contributed by atoms with Gasteiger partial charge in [0.15, 0.2) is 5.82 Å². The first-order valence-electron chi connectivity index (χ1n) is 5.35. The molecule has 102 valence electrons. The normalized spacial score (nSPS) is 9.85. The van der Waals surface area contributed by atoms with Crippen LogP contribution in [0.1, 0.15) is 10.4 Å². The van der Waals surface area contributed by atoms with Gasteiger partial charge in [-0.2, -0.15) is 0 Å². The van der Waals surface area contributed by atoms with Crippen LogP contribution >= 0.6 is 11.6 Å². The maximum atomic E-state index is 11.9. The average molecular weight is 294 g/mol. The van der Waals surface area contributed by atoms with Gasteiger partial charge in [-0.05, 0) is 24.3 Å². The number of anilines is 1. The van der Waals surface area contributed by atoms with Gasteiger partial charge in [0.2, 0.25) is 0 Å². The van der Waals surface area contributed by atoms with Gasteiger partial charge in [-0.25, -0.2) is 14.8 Å². The zero-order valence-corrected chi connectivity index (χ0v) is 10.7. The summed E-state index contributed by atoms with van der Waals surface area (Å²) in [4.78, 5) is 29.9. The second kappa shape index (κ2) is 5.98. The molecule has 0 saturated carbocycles. The Morgan fingerprint density at radius 3 is 2.45 bits per heavy atom. The van der Waals surface area contributed by atoms with Crippen LogP contribution in [0.15, 0.2) is 36.7 Å². The number of nitrogens with zero attached hydrogens (tertiary/aromatic N) is 2. The number of carbonyl (C=O) groups excluding carboxylic acids is 1. The molecule has 0 aliphatic heterocycles. The lowest BCUT2D eigenvalue weighted by Gasteiger charge is -2.07. The van der Waals surface area contributed by atoms with Crippen LogP contribution in [0.4, 0.5) is 10.6 Å². The molecule has 8 heteroatoms. The summed E-state index contributed by atoms with van der Waals surface area (Å²) in [6.45, 7) is 0. The van der Waals surface area contributed by atoms with Gasteiger partial charge < -0.3 is 15.2 Å². The number of hydrogen-bond donors (Lipinski definition) is 2. The molecule has 1 aromatic carbocycles. The molecule has 0 aliphatic rings. The van der Waals surface area contributed by atoms with E-state index in [4.69, 9.17) is 16.7 Å². The summed E-state index contributed by atoms with van der Waals surface area (Å²) in [5.74, 6) is -0.880. The molecular weight excluding hydrogens is 286 g/mol. The molecule has 0 spiro atoms. The first kappa shape index (κ1) is 13.8. The highest BCUT2D eigenvalue weighted by molar-refractivity contribution is 6.30. The Labute approximate surface area is 118 Å².